The topological polar surface area (TPSA) is 46.1 Å². The van der Waals surface area contributed by atoms with Crippen molar-refractivity contribution in [2.75, 3.05) is 0 Å². The van der Waals surface area contributed by atoms with Crippen molar-refractivity contribution in [3.8, 4) is 0 Å². The number of unbranched alkanes of at least 4 members (excludes halogenated alkanes) is 2. The summed E-state index contributed by atoms with van der Waals surface area (Å²) in [4.78, 5) is 0. The predicted octanol–water partition coefficient (Wildman–Crippen LogP) is 3.66. The molecule has 2 nitrogen and oxygen atoms in total. The third kappa shape index (κ3) is 4.96. The van der Waals surface area contributed by atoms with E-state index < -0.39 is 0 Å². The molecule has 2 fully saturated rings. The first-order chi connectivity index (χ1) is 10.7. The maximum absolute atomic E-state index is 12.4. The summed E-state index contributed by atoms with van der Waals surface area (Å²) >= 11 is 0. The Kier molecular flexibility index (Phi) is 7.70. The van der Waals surface area contributed by atoms with Crippen LogP contribution in [-0.2, 0) is 0 Å². The molecule has 0 aromatic heterocycles. The van der Waals surface area contributed by atoms with E-state index in [0.717, 1.165) is 38.5 Å². The van der Waals surface area contributed by atoms with Crippen molar-refractivity contribution < 1.29 is 10.2 Å². The third-order valence-corrected chi connectivity index (χ3v) is 6.46. The van der Waals surface area contributed by atoms with E-state index in [1.807, 2.05) is 0 Å². The van der Waals surface area contributed by atoms with E-state index in [-0.39, 0.29) is 12.2 Å². The van der Waals surface area contributed by atoms with Crippen molar-refractivity contribution in [1.29, 1.82) is 0 Å². The van der Waals surface area contributed by atoms with E-state index in [4.69, 9.17) is 0 Å². The fourth-order valence-corrected chi connectivity index (χ4v) is 4.89. The summed E-state index contributed by atoms with van der Waals surface area (Å²) in [7, 11) is 0. The molecule has 2 heteroatoms. The standard InChI is InChI=1S/C20H36O2/c1-3-5-7-15-9-11-17(13-19(15)21)18-12-10-16(8-6-4-2)20(22)14-18/h15-20H,3-14H2,1-2H3/q-2. The van der Waals surface area contributed by atoms with Gasteiger partial charge in [0.1, 0.15) is 0 Å². The van der Waals surface area contributed by atoms with Gasteiger partial charge in [-0.1, -0.05) is 89.9 Å². The highest BCUT2D eigenvalue weighted by molar-refractivity contribution is 4.87. The van der Waals surface area contributed by atoms with Gasteiger partial charge in [0, 0.05) is 0 Å². The quantitative estimate of drug-likeness (QED) is 0.720. The molecular weight excluding hydrogens is 272 g/mol. The summed E-state index contributed by atoms with van der Waals surface area (Å²) in [6, 6.07) is 0. The highest BCUT2D eigenvalue weighted by Crippen LogP contribution is 2.42. The Morgan fingerprint density at radius 3 is 1.41 bits per heavy atom. The van der Waals surface area contributed by atoms with Gasteiger partial charge in [-0.15, -0.1) is 12.2 Å². The second kappa shape index (κ2) is 9.27. The van der Waals surface area contributed by atoms with Crippen LogP contribution in [0, 0.1) is 23.7 Å². The van der Waals surface area contributed by atoms with Gasteiger partial charge < -0.3 is 10.2 Å². The van der Waals surface area contributed by atoms with E-state index in [1.165, 1.54) is 38.5 Å². The smallest absolute Gasteiger partial charge is 0.0396 e. The second-order valence-corrected chi connectivity index (χ2v) is 8.03. The van der Waals surface area contributed by atoms with Crippen molar-refractivity contribution in [1.82, 2.24) is 0 Å². The zero-order chi connectivity index (χ0) is 15.9. The summed E-state index contributed by atoms with van der Waals surface area (Å²) in [5.74, 6) is 1.95. The van der Waals surface area contributed by atoms with Crippen LogP contribution in [-0.4, -0.2) is 12.2 Å². The maximum Gasteiger partial charge on any atom is -0.0396 e. The van der Waals surface area contributed by atoms with Gasteiger partial charge in [-0.05, 0) is 24.7 Å². The van der Waals surface area contributed by atoms with Crippen molar-refractivity contribution in [2.45, 2.75) is 103 Å². The molecule has 2 aliphatic rings. The Bertz CT molecular complexity index is 274. The van der Waals surface area contributed by atoms with Gasteiger partial charge in [0.25, 0.3) is 0 Å². The van der Waals surface area contributed by atoms with Crippen LogP contribution in [0.3, 0.4) is 0 Å². The Morgan fingerprint density at radius 1 is 0.682 bits per heavy atom. The number of hydrogen-bond acceptors (Lipinski definition) is 2. The van der Waals surface area contributed by atoms with E-state index >= 15 is 0 Å². The van der Waals surface area contributed by atoms with Crippen LogP contribution < -0.4 is 10.2 Å². The second-order valence-electron chi connectivity index (χ2n) is 8.03. The maximum atomic E-state index is 12.4. The summed E-state index contributed by atoms with van der Waals surface area (Å²) in [5, 5.41) is 24.9. The molecule has 0 heterocycles. The predicted molar refractivity (Wildman–Crippen MR) is 88.3 cm³/mol. The molecule has 2 rings (SSSR count). The molecular formula is C20H36O2-2. The molecule has 0 bridgehead atoms. The average Bonchev–Trinajstić information content (AvgIpc) is 2.52. The Labute approximate surface area is 137 Å². The van der Waals surface area contributed by atoms with Gasteiger partial charge in [0.2, 0.25) is 0 Å². The highest BCUT2D eigenvalue weighted by atomic mass is 16.3. The summed E-state index contributed by atoms with van der Waals surface area (Å²) < 4.78 is 0. The third-order valence-electron chi connectivity index (χ3n) is 6.46. The van der Waals surface area contributed by atoms with E-state index in [2.05, 4.69) is 13.8 Å². The molecule has 0 aliphatic heterocycles. The Balaban J connectivity index is 1.77. The first-order valence-electron chi connectivity index (χ1n) is 9.97. The zero-order valence-electron chi connectivity index (χ0n) is 14.8. The first-order valence-corrected chi connectivity index (χ1v) is 9.97. The largest absolute Gasteiger partial charge is 0.852 e. The molecule has 6 unspecified atom stereocenters. The van der Waals surface area contributed by atoms with E-state index in [1.54, 1.807) is 0 Å². The van der Waals surface area contributed by atoms with Crippen LogP contribution >= 0.6 is 0 Å². The fourth-order valence-electron chi connectivity index (χ4n) is 4.89. The Morgan fingerprint density at radius 2 is 1.09 bits per heavy atom. The van der Waals surface area contributed by atoms with Crippen LogP contribution in [0.1, 0.15) is 90.9 Å². The number of hydrogen-bond donors (Lipinski definition) is 0. The molecule has 2 saturated carbocycles. The minimum atomic E-state index is -0.354. The summed E-state index contributed by atoms with van der Waals surface area (Å²) in [6.45, 7) is 4.41. The fraction of sp³-hybridized carbons (Fsp3) is 1.00. The molecule has 0 saturated heterocycles. The van der Waals surface area contributed by atoms with Crippen molar-refractivity contribution in [2.24, 2.45) is 23.7 Å². The van der Waals surface area contributed by atoms with Gasteiger partial charge in [-0.25, -0.2) is 0 Å². The lowest BCUT2D eigenvalue weighted by molar-refractivity contribution is -0.449. The molecule has 0 radical (unpaired) electrons. The van der Waals surface area contributed by atoms with Gasteiger partial charge in [-0.3, -0.25) is 0 Å². The molecule has 0 aromatic rings. The minimum absolute atomic E-state index is 0.354. The summed E-state index contributed by atoms with van der Waals surface area (Å²) in [6.07, 6.45) is 12.7. The lowest BCUT2D eigenvalue weighted by Crippen LogP contribution is -2.45. The van der Waals surface area contributed by atoms with Gasteiger partial charge in [0.15, 0.2) is 0 Å². The van der Waals surface area contributed by atoms with Crippen LogP contribution in [0.4, 0.5) is 0 Å². The molecule has 0 aromatic carbocycles. The summed E-state index contributed by atoms with van der Waals surface area (Å²) in [5.41, 5.74) is 0. The first kappa shape index (κ1) is 18.3. The van der Waals surface area contributed by atoms with Crippen molar-refractivity contribution >= 4 is 0 Å². The molecule has 2 aliphatic carbocycles. The molecule has 130 valence electrons. The van der Waals surface area contributed by atoms with Crippen LogP contribution in [0.25, 0.3) is 0 Å². The van der Waals surface area contributed by atoms with Crippen molar-refractivity contribution in [3.05, 3.63) is 0 Å². The van der Waals surface area contributed by atoms with Crippen LogP contribution in [0.2, 0.25) is 0 Å². The molecule has 0 spiro atoms. The average molecular weight is 309 g/mol. The highest BCUT2D eigenvalue weighted by Gasteiger charge is 2.32. The van der Waals surface area contributed by atoms with Crippen LogP contribution in [0.15, 0.2) is 0 Å². The van der Waals surface area contributed by atoms with E-state index in [9.17, 15) is 10.2 Å². The Hall–Kier alpha value is -0.0800. The zero-order valence-corrected chi connectivity index (χ0v) is 14.8. The minimum Gasteiger partial charge on any atom is -0.852 e. The SMILES string of the molecule is CCCCC1CCC(C2CCC(CCCC)C([O-])C2)CC1[O-]. The van der Waals surface area contributed by atoms with Crippen LogP contribution in [0.5, 0.6) is 0 Å². The molecule has 0 amide bonds. The normalized spacial score (nSPS) is 39.8. The van der Waals surface area contributed by atoms with Gasteiger partial charge >= 0.3 is 0 Å². The van der Waals surface area contributed by atoms with Gasteiger partial charge in [0.05, 0.1) is 0 Å². The monoisotopic (exact) mass is 308 g/mol. The lowest BCUT2D eigenvalue weighted by atomic mass is 9.66. The number of rotatable bonds is 7. The van der Waals surface area contributed by atoms with Gasteiger partial charge in [-0.2, -0.15) is 0 Å². The lowest BCUT2D eigenvalue weighted by Gasteiger charge is -2.48. The molecule has 6 atom stereocenters. The molecule has 22 heavy (non-hydrogen) atoms. The molecule has 0 N–H and O–H groups in total. The van der Waals surface area contributed by atoms with E-state index in [0.29, 0.717) is 23.7 Å². The van der Waals surface area contributed by atoms with Crippen molar-refractivity contribution in [3.63, 3.8) is 0 Å².